The van der Waals surface area contributed by atoms with E-state index in [2.05, 4.69) is 34.3 Å². The lowest BCUT2D eigenvalue weighted by Gasteiger charge is -2.16. The quantitative estimate of drug-likeness (QED) is 0.227. The first kappa shape index (κ1) is 25.2. The first-order chi connectivity index (χ1) is 18.6. The van der Waals surface area contributed by atoms with E-state index in [1.54, 1.807) is 18.3 Å². The summed E-state index contributed by atoms with van der Waals surface area (Å²) in [5, 5.41) is 6.74. The molecule has 2 aromatic carbocycles. The van der Waals surface area contributed by atoms with Gasteiger partial charge in [0.15, 0.2) is 17.0 Å². The third-order valence-electron chi connectivity index (χ3n) is 6.43. The van der Waals surface area contributed by atoms with Gasteiger partial charge < -0.3 is 29.6 Å². The molecule has 1 aliphatic rings. The summed E-state index contributed by atoms with van der Waals surface area (Å²) in [7, 11) is 1.64. The van der Waals surface area contributed by atoms with Gasteiger partial charge in [0.2, 0.25) is 11.9 Å². The van der Waals surface area contributed by atoms with Crippen LogP contribution in [0.25, 0.3) is 11.2 Å². The first-order valence-electron chi connectivity index (χ1n) is 12.6. The van der Waals surface area contributed by atoms with Crippen molar-refractivity contribution in [1.29, 1.82) is 0 Å². The van der Waals surface area contributed by atoms with Gasteiger partial charge in [0.1, 0.15) is 12.4 Å². The van der Waals surface area contributed by atoms with Gasteiger partial charge in [0.05, 0.1) is 19.0 Å². The minimum atomic E-state index is -0.0613. The smallest absolute Gasteiger partial charge is 0.246 e. The molecule has 2 N–H and O–H groups in total. The maximum absolute atomic E-state index is 12.1. The number of methoxy groups -OCH3 is 1. The molecule has 10 heteroatoms. The van der Waals surface area contributed by atoms with Gasteiger partial charge in [-0.25, -0.2) is 4.98 Å². The molecule has 0 aliphatic carbocycles. The number of benzene rings is 2. The monoisotopic (exact) mass is 513 g/mol. The topological polar surface area (TPSA) is 106 Å². The lowest BCUT2D eigenvalue weighted by Crippen LogP contribution is -2.27. The Morgan fingerprint density at radius 1 is 1.13 bits per heavy atom. The van der Waals surface area contributed by atoms with Gasteiger partial charge >= 0.3 is 0 Å². The van der Waals surface area contributed by atoms with Crippen molar-refractivity contribution >= 4 is 34.5 Å². The molecule has 0 unspecified atom stereocenters. The second kappa shape index (κ2) is 11.7. The van der Waals surface area contributed by atoms with Crippen LogP contribution in [0, 0.1) is 0 Å². The Morgan fingerprint density at radius 3 is 2.71 bits per heavy atom. The van der Waals surface area contributed by atoms with E-state index in [-0.39, 0.29) is 11.9 Å². The fraction of sp³-hybridized carbons (Fsp3) is 0.286. The number of ether oxygens (including phenoxy) is 2. The predicted molar refractivity (Wildman–Crippen MR) is 147 cm³/mol. The normalized spacial score (nSPS) is 15.0. The zero-order chi connectivity index (χ0) is 26.3. The summed E-state index contributed by atoms with van der Waals surface area (Å²) < 4.78 is 12.7. The second-order valence-electron chi connectivity index (χ2n) is 8.98. The van der Waals surface area contributed by atoms with E-state index in [0.29, 0.717) is 55.8 Å². The number of nitrogens with zero attached hydrogens (tertiary/aromatic N) is 5. The number of nitrogens with one attached hydrogen (secondary N) is 2. The Balaban J connectivity index is 1.42. The summed E-state index contributed by atoms with van der Waals surface area (Å²) in [6.45, 7) is 6.48. The van der Waals surface area contributed by atoms with Crippen molar-refractivity contribution in [2.24, 2.45) is 0 Å². The number of likely N-dealkylation sites (tertiary alicyclic amines) is 1. The first-order valence-corrected chi connectivity index (χ1v) is 12.6. The highest BCUT2D eigenvalue weighted by Crippen LogP contribution is 2.29. The molecule has 1 aliphatic heterocycles. The van der Waals surface area contributed by atoms with Crippen LogP contribution in [-0.4, -0.2) is 63.7 Å². The SMILES string of the molecule is C=CC(=O)N1CC[C@@H](n2cnc3c(NCc4ccccc4)nc(Nc4ccc(OCCOC)cc4)nc32)C1. The van der Waals surface area contributed by atoms with Crippen molar-refractivity contribution in [3.8, 4) is 5.75 Å². The third-order valence-corrected chi connectivity index (χ3v) is 6.43. The van der Waals surface area contributed by atoms with E-state index in [0.717, 1.165) is 23.4 Å². The molecule has 38 heavy (non-hydrogen) atoms. The van der Waals surface area contributed by atoms with Crippen LogP contribution >= 0.6 is 0 Å². The number of hydrogen-bond donors (Lipinski definition) is 2. The van der Waals surface area contributed by atoms with Crippen LogP contribution in [-0.2, 0) is 16.1 Å². The summed E-state index contributed by atoms with van der Waals surface area (Å²) >= 11 is 0. The van der Waals surface area contributed by atoms with Crippen LogP contribution < -0.4 is 15.4 Å². The summed E-state index contributed by atoms with van der Waals surface area (Å²) in [6.07, 6.45) is 3.96. The molecule has 1 fully saturated rings. The number of carbonyl (C=O) groups is 1. The highest BCUT2D eigenvalue weighted by atomic mass is 16.5. The van der Waals surface area contributed by atoms with E-state index in [4.69, 9.17) is 19.4 Å². The van der Waals surface area contributed by atoms with Crippen LogP contribution in [0.1, 0.15) is 18.0 Å². The van der Waals surface area contributed by atoms with Crippen molar-refractivity contribution < 1.29 is 14.3 Å². The van der Waals surface area contributed by atoms with E-state index >= 15 is 0 Å². The standard InChI is InChI=1S/C28H31N7O3/c1-3-24(36)34-14-13-22(18-34)35-19-30-25-26(29-17-20-7-5-4-6-8-20)32-28(33-27(25)35)31-21-9-11-23(12-10-21)38-16-15-37-2/h3-12,19,22H,1,13-18H2,2H3,(H2,29,31,32,33)/t22-/m1/s1. The van der Waals surface area contributed by atoms with Gasteiger partial charge in [0.25, 0.3) is 0 Å². The summed E-state index contributed by atoms with van der Waals surface area (Å²) in [5.41, 5.74) is 3.34. The molecule has 0 radical (unpaired) electrons. The van der Waals surface area contributed by atoms with Gasteiger partial charge in [-0.15, -0.1) is 0 Å². The largest absolute Gasteiger partial charge is 0.491 e. The van der Waals surface area contributed by atoms with Crippen molar-refractivity contribution in [3.05, 3.63) is 79.1 Å². The molecule has 5 rings (SSSR count). The Labute approximate surface area is 221 Å². The molecule has 4 aromatic rings. The van der Waals surface area contributed by atoms with Gasteiger partial charge in [-0.3, -0.25) is 4.79 Å². The minimum absolute atomic E-state index is 0.0613. The predicted octanol–water partition coefficient (Wildman–Crippen LogP) is 4.17. The van der Waals surface area contributed by atoms with Crippen LogP contribution in [0.15, 0.2) is 73.6 Å². The average Bonchev–Trinajstić information content (AvgIpc) is 3.61. The molecule has 1 saturated heterocycles. The second-order valence-corrected chi connectivity index (χ2v) is 8.98. The van der Waals surface area contributed by atoms with E-state index < -0.39 is 0 Å². The molecule has 1 amide bonds. The molecule has 0 saturated carbocycles. The van der Waals surface area contributed by atoms with Crippen LogP contribution in [0.2, 0.25) is 0 Å². The fourth-order valence-corrected chi connectivity index (χ4v) is 4.45. The van der Waals surface area contributed by atoms with Crippen molar-refractivity contribution in [3.63, 3.8) is 0 Å². The fourth-order valence-electron chi connectivity index (χ4n) is 4.45. The number of anilines is 3. The summed E-state index contributed by atoms with van der Waals surface area (Å²) in [6, 6.07) is 17.8. The lowest BCUT2D eigenvalue weighted by molar-refractivity contribution is -0.125. The number of hydrogen-bond acceptors (Lipinski definition) is 8. The average molecular weight is 514 g/mol. The third kappa shape index (κ3) is 5.76. The van der Waals surface area contributed by atoms with Gasteiger partial charge in [-0.2, -0.15) is 9.97 Å². The Kier molecular flexibility index (Phi) is 7.79. The minimum Gasteiger partial charge on any atom is -0.491 e. The molecular weight excluding hydrogens is 482 g/mol. The van der Waals surface area contributed by atoms with Crippen molar-refractivity contribution in [2.45, 2.75) is 19.0 Å². The summed E-state index contributed by atoms with van der Waals surface area (Å²) in [4.78, 5) is 28.2. The van der Waals surface area contributed by atoms with Gasteiger partial charge in [0, 0.05) is 32.4 Å². The van der Waals surface area contributed by atoms with Crippen molar-refractivity contribution in [1.82, 2.24) is 24.4 Å². The maximum atomic E-state index is 12.1. The number of amides is 1. The van der Waals surface area contributed by atoms with Crippen LogP contribution in [0.3, 0.4) is 0 Å². The Morgan fingerprint density at radius 2 is 1.95 bits per heavy atom. The molecule has 0 spiro atoms. The van der Waals surface area contributed by atoms with E-state index in [1.165, 1.54) is 6.08 Å². The van der Waals surface area contributed by atoms with Crippen LogP contribution in [0.4, 0.5) is 17.5 Å². The van der Waals surface area contributed by atoms with Crippen molar-refractivity contribution in [2.75, 3.05) is 44.0 Å². The lowest BCUT2D eigenvalue weighted by atomic mass is 10.2. The molecule has 0 bridgehead atoms. The van der Waals surface area contributed by atoms with Crippen LogP contribution in [0.5, 0.6) is 5.75 Å². The molecule has 10 nitrogen and oxygen atoms in total. The maximum Gasteiger partial charge on any atom is 0.246 e. The highest BCUT2D eigenvalue weighted by molar-refractivity contribution is 5.87. The zero-order valence-electron chi connectivity index (χ0n) is 21.3. The summed E-state index contributed by atoms with van der Waals surface area (Å²) in [5.74, 6) is 1.78. The Bertz CT molecular complexity index is 1390. The molecule has 1 atom stereocenters. The number of aromatic nitrogens is 4. The molecule has 2 aromatic heterocycles. The van der Waals surface area contributed by atoms with E-state index in [9.17, 15) is 4.79 Å². The zero-order valence-corrected chi connectivity index (χ0v) is 21.3. The number of rotatable bonds is 11. The molecule has 196 valence electrons. The van der Waals surface area contributed by atoms with Gasteiger partial charge in [-0.05, 0) is 42.3 Å². The molecule has 3 heterocycles. The highest BCUT2D eigenvalue weighted by Gasteiger charge is 2.28. The van der Waals surface area contributed by atoms with E-state index in [1.807, 2.05) is 47.0 Å². The number of fused-ring (bicyclic) bond motifs is 1. The van der Waals surface area contributed by atoms with Gasteiger partial charge in [-0.1, -0.05) is 36.9 Å². The number of carbonyl (C=O) groups excluding carboxylic acids is 1. The Hall–Kier alpha value is -4.44. The molecular formula is C28H31N7O3. The number of imidazole rings is 1.